The maximum absolute atomic E-state index is 11.8. The lowest BCUT2D eigenvalue weighted by atomic mass is 9.95. The van der Waals surface area contributed by atoms with Gasteiger partial charge in [-0.15, -0.1) is 0 Å². The average molecular weight is 264 g/mol. The number of carboxylic acids is 1. The third-order valence-electron chi connectivity index (χ3n) is 2.79. The Bertz CT molecular complexity index is 372. The highest BCUT2D eigenvalue weighted by molar-refractivity contribution is 7.87. The van der Waals surface area contributed by atoms with E-state index in [4.69, 9.17) is 5.11 Å². The molecule has 1 aliphatic carbocycles. The SMILES string of the molecule is CC(C)NS(=O)(=O)NC1(CC(=O)O)CCCC1. The van der Waals surface area contributed by atoms with Crippen LogP contribution in [0.4, 0.5) is 0 Å². The Morgan fingerprint density at radius 1 is 1.35 bits per heavy atom. The highest BCUT2D eigenvalue weighted by Gasteiger charge is 2.39. The van der Waals surface area contributed by atoms with Gasteiger partial charge in [-0.2, -0.15) is 17.9 Å². The zero-order valence-corrected chi connectivity index (χ0v) is 11.0. The summed E-state index contributed by atoms with van der Waals surface area (Å²) in [6, 6.07) is -0.212. The van der Waals surface area contributed by atoms with Crippen LogP contribution in [0.3, 0.4) is 0 Å². The van der Waals surface area contributed by atoms with Gasteiger partial charge in [0.15, 0.2) is 0 Å². The van der Waals surface area contributed by atoms with Crippen molar-refractivity contribution in [2.45, 2.75) is 57.5 Å². The van der Waals surface area contributed by atoms with Crippen molar-refractivity contribution in [2.24, 2.45) is 0 Å². The number of carboxylic acid groups (broad SMARTS) is 1. The lowest BCUT2D eigenvalue weighted by molar-refractivity contribution is -0.138. The molecular formula is C10H20N2O4S. The second-order valence-electron chi connectivity index (χ2n) is 4.94. The van der Waals surface area contributed by atoms with E-state index in [2.05, 4.69) is 9.44 Å². The molecule has 100 valence electrons. The summed E-state index contributed by atoms with van der Waals surface area (Å²) in [5.41, 5.74) is -0.813. The molecular weight excluding hydrogens is 244 g/mol. The first kappa shape index (κ1) is 14.4. The zero-order valence-electron chi connectivity index (χ0n) is 10.2. The van der Waals surface area contributed by atoms with Crippen molar-refractivity contribution >= 4 is 16.2 Å². The molecule has 17 heavy (non-hydrogen) atoms. The quantitative estimate of drug-likeness (QED) is 0.655. The standard InChI is InChI=1S/C10H20N2O4S/c1-8(2)11-17(15,16)12-10(7-9(13)14)5-3-4-6-10/h8,11-12H,3-7H2,1-2H3,(H,13,14). The van der Waals surface area contributed by atoms with Crippen molar-refractivity contribution in [3.8, 4) is 0 Å². The van der Waals surface area contributed by atoms with E-state index < -0.39 is 21.7 Å². The van der Waals surface area contributed by atoms with Crippen molar-refractivity contribution < 1.29 is 18.3 Å². The maximum atomic E-state index is 11.8. The summed E-state index contributed by atoms with van der Waals surface area (Å²) in [7, 11) is -3.63. The van der Waals surface area contributed by atoms with E-state index in [1.165, 1.54) is 0 Å². The van der Waals surface area contributed by atoms with Gasteiger partial charge in [0.2, 0.25) is 0 Å². The van der Waals surface area contributed by atoms with E-state index in [-0.39, 0.29) is 12.5 Å². The molecule has 0 spiro atoms. The van der Waals surface area contributed by atoms with Gasteiger partial charge in [0.1, 0.15) is 0 Å². The van der Waals surface area contributed by atoms with Crippen LogP contribution in [0, 0.1) is 0 Å². The second-order valence-corrected chi connectivity index (χ2v) is 6.38. The van der Waals surface area contributed by atoms with E-state index in [9.17, 15) is 13.2 Å². The molecule has 1 fully saturated rings. The lowest BCUT2D eigenvalue weighted by Crippen LogP contribution is -2.53. The van der Waals surface area contributed by atoms with Gasteiger partial charge in [0.25, 0.3) is 10.2 Å². The second kappa shape index (κ2) is 5.32. The predicted molar refractivity (Wildman–Crippen MR) is 63.8 cm³/mol. The molecule has 0 aromatic carbocycles. The van der Waals surface area contributed by atoms with E-state index in [1.807, 2.05) is 0 Å². The first-order valence-corrected chi connectivity index (χ1v) is 7.26. The topological polar surface area (TPSA) is 95.5 Å². The van der Waals surface area contributed by atoms with Crippen LogP contribution in [0.25, 0.3) is 0 Å². The molecule has 1 aliphatic rings. The van der Waals surface area contributed by atoms with Crippen LogP contribution in [0.1, 0.15) is 46.0 Å². The number of nitrogens with one attached hydrogen (secondary N) is 2. The number of hydrogen-bond acceptors (Lipinski definition) is 3. The third-order valence-corrected chi connectivity index (χ3v) is 4.28. The van der Waals surface area contributed by atoms with Gasteiger partial charge in [-0.3, -0.25) is 4.79 Å². The molecule has 0 unspecified atom stereocenters. The Morgan fingerprint density at radius 2 is 1.88 bits per heavy atom. The van der Waals surface area contributed by atoms with Crippen molar-refractivity contribution in [2.75, 3.05) is 0 Å². The molecule has 0 aliphatic heterocycles. The molecule has 0 aromatic rings. The lowest BCUT2D eigenvalue weighted by Gasteiger charge is -2.28. The number of hydrogen-bond donors (Lipinski definition) is 3. The maximum Gasteiger partial charge on any atom is 0.305 e. The summed E-state index contributed by atoms with van der Waals surface area (Å²) >= 11 is 0. The van der Waals surface area contributed by atoms with Gasteiger partial charge >= 0.3 is 5.97 Å². The Kier molecular flexibility index (Phi) is 4.51. The van der Waals surface area contributed by atoms with E-state index in [1.54, 1.807) is 13.8 Å². The van der Waals surface area contributed by atoms with E-state index >= 15 is 0 Å². The van der Waals surface area contributed by atoms with Gasteiger partial charge in [0.05, 0.1) is 6.42 Å². The van der Waals surface area contributed by atoms with Crippen LogP contribution in [-0.2, 0) is 15.0 Å². The summed E-state index contributed by atoms with van der Waals surface area (Å²) in [5, 5.41) is 8.86. The molecule has 1 saturated carbocycles. The van der Waals surface area contributed by atoms with Crippen LogP contribution in [-0.4, -0.2) is 31.1 Å². The minimum atomic E-state index is -3.63. The minimum absolute atomic E-state index is 0.161. The normalized spacial score (nSPS) is 19.7. The van der Waals surface area contributed by atoms with Crippen molar-refractivity contribution in [3.05, 3.63) is 0 Å². The number of carbonyl (C=O) groups is 1. The molecule has 0 heterocycles. The fourth-order valence-corrected chi connectivity index (χ4v) is 3.81. The third kappa shape index (κ3) is 4.61. The Hall–Kier alpha value is -0.660. The molecule has 0 amide bonds. The zero-order chi connectivity index (χ0) is 13.1. The van der Waals surface area contributed by atoms with Crippen LogP contribution < -0.4 is 9.44 Å². The Labute approximate surface area is 102 Å². The van der Waals surface area contributed by atoms with Crippen LogP contribution in [0.15, 0.2) is 0 Å². The molecule has 0 bridgehead atoms. The van der Waals surface area contributed by atoms with Crippen LogP contribution in [0.5, 0.6) is 0 Å². The first-order valence-electron chi connectivity index (χ1n) is 5.78. The summed E-state index contributed by atoms with van der Waals surface area (Å²) in [5.74, 6) is -0.973. The number of rotatable bonds is 6. The monoisotopic (exact) mass is 264 g/mol. The molecule has 1 rings (SSSR count). The van der Waals surface area contributed by atoms with E-state index in [0.29, 0.717) is 12.8 Å². The molecule has 0 radical (unpaired) electrons. The van der Waals surface area contributed by atoms with Gasteiger partial charge < -0.3 is 5.11 Å². The Morgan fingerprint density at radius 3 is 2.29 bits per heavy atom. The first-order chi connectivity index (χ1) is 7.75. The highest BCUT2D eigenvalue weighted by atomic mass is 32.2. The molecule has 3 N–H and O–H groups in total. The predicted octanol–water partition coefficient (Wildman–Crippen LogP) is 0.606. The van der Waals surface area contributed by atoms with E-state index in [0.717, 1.165) is 12.8 Å². The number of aliphatic carboxylic acids is 1. The molecule has 0 aromatic heterocycles. The molecule has 0 atom stereocenters. The fourth-order valence-electron chi connectivity index (χ4n) is 2.28. The van der Waals surface area contributed by atoms with Gasteiger partial charge in [-0.25, -0.2) is 0 Å². The summed E-state index contributed by atoms with van der Waals surface area (Å²) < 4.78 is 28.5. The van der Waals surface area contributed by atoms with Gasteiger partial charge in [0, 0.05) is 11.6 Å². The van der Waals surface area contributed by atoms with Crippen molar-refractivity contribution in [1.29, 1.82) is 0 Å². The molecule has 6 nitrogen and oxygen atoms in total. The van der Waals surface area contributed by atoms with Crippen molar-refractivity contribution in [3.63, 3.8) is 0 Å². The molecule has 0 saturated heterocycles. The van der Waals surface area contributed by atoms with Crippen LogP contribution in [0.2, 0.25) is 0 Å². The molecule has 7 heteroatoms. The minimum Gasteiger partial charge on any atom is -0.481 e. The summed E-state index contributed by atoms with van der Waals surface area (Å²) in [6.45, 7) is 3.44. The van der Waals surface area contributed by atoms with Crippen molar-refractivity contribution in [1.82, 2.24) is 9.44 Å². The largest absolute Gasteiger partial charge is 0.481 e. The summed E-state index contributed by atoms with van der Waals surface area (Å²) in [4.78, 5) is 10.8. The van der Waals surface area contributed by atoms with Gasteiger partial charge in [-0.05, 0) is 26.7 Å². The average Bonchev–Trinajstić information content (AvgIpc) is 2.46. The fraction of sp³-hybridized carbons (Fsp3) is 0.900. The Balaban J connectivity index is 2.76. The van der Waals surface area contributed by atoms with Crippen LogP contribution >= 0.6 is 0 Å². The van der Waals surface area contributed by atoms with Gasteiger partial charge in [-0.1, -0.05) is 12.8 Å². The highest BCUT2D eigenvalue weighted by Crippen LogP contribution is 2.33. The summed E-state index contributed by atoms with van der Waals surface area (Å²) in [6.07, 6.45) is 2.72. The smallest absolute Gasteiger partial charge is 0.305 e.